The van der Waals surface area contributed by atoms with Gasteiger partial charge in [-0.3, -0.25) is 4.90 Å². The van der Waals surface area contributed by atoms with Crippen molar-refractivity contribution in [1.29, 1.82) is 0 Å². The van der Waals surface area contributed by atoms with Crippen molar-refractivity contribution in [2.75, 3.05) is 25.2 Å². The van der Waals surface area contributed by atoms with Gasteiger partial charge in [-0.25, -0.2) is 9.79 Å². The number of thioether (sulfide) groups is 1. The maximum atomic E-state index is 12.1. The van der Waals surface area contributed by atoms with E-state index < -0.39 is 0 Å². The summed E-state index contributed by atoms with van der Waals surface area (Å²) in [6, 6.07) is 11.8. The molecule has 0 bridgehead atoms. The number of rotatable bonds is 5. The van der Waals surface area contributed by atoms with Gasteiger partial charge in [0, 0.05) is 12.3 Å². The molecule has 3 rings (SSSR count). The van der Waals surface area contributed by atoms with Gasteiger partial charge in [0.25, 0.3) is 0 Å². The van der Waals surface area contributed by atoms with Crippen LogP contribution in [0, 0.1) is 0 Å². The lowest BCUT2D eigenvalue weighted by Crippen LogP contribution is -2.31. The van der Waals surface area contributed by atoms with Crippen LogP contribution in [-0.4, -0.2) is 31.4 Å². The number of methoxy groups -OCH3 is 1. The second kappa shape index (κ2) is 9.34. The number of carbonyl (C=O) groups is 1. The molecule has 1 amide bonds. The number of amides is 1. The van der Waals surface area contributed by atoms with E-state index in [1.165, 1.54) is 7.11 Å². The van der Waals surface area contributed by atoms with Gasteiger partial charge in [0.2, 0.25) is 0 Å². The molecule has 2 aromatic rings. The van der Waals surface area contributed by atoms with E-state index in [1.54, 1.807) is 16.7 Å². The Kier molecular flexibility index (Phi) is 6.86. The molecular formula is C21H23ClN2O3S. The van der Waals surface area contributed by atoms with Gasteiger partial charge in [0.1, 0.15) is 17.3 Å². The van der Waals surface area contributed by atoms with Gasteiger partial charge in [0.15, 0.2) is 5.75 Å². The number of fused-ring (bicyclic) bond motifs is 1. The first kappa shape index (κ1) is 20.6. The highest BCUT2D eigenvalue weighted by Crippen LogP contribution is 2.40. The van der Waals surface area contributed by atoms with E-state index in [0.717, 1.165) is 34.0 Å². The largest absolute Gasteiger partial charge is 0.483 e. The van der Waals surface area contributed by atoms with E-state index in [2.05, 4.69) is 6.92 Å². The summed E-state index contributed by atoms with van der Waals surface area (Å²) in [6.45, 7) is 4.92. The first-order valence-corrected chi connectivity index (χ1v) is 10.5. The van der Waals surface area contributed by atoms with Gasteiger partial charge in [-0.1, -0.05) is 36.7 Å². The zero-order valence-corrected chi connectivity index (χ0v) is 17.8. The molecule has 0 aliphatic carbocycles. The molecule has 0 radical (unpaired) electrons. The Hall–Kier alpha value is -2.18. The van der Waals surface area contributed by atoms with Crippen LogP contribution in [0.4, 0.5) is 16.2 Å². The second-order valence-electron chi connectivity index (χ2n) is 6.21. The number of hydrogen-bond acceptors (Lipinski definition) is 5. The quantitative estimate of drug-likeness (QED) is 0.611. The van der Waals surface area contributed by atoms with Crippen LogP contribution in [0.1, 0.15) is 25.0 Å². The molecule has 0 saturated carbocycles. The molecule has 1 heterocycles. The van der Waals surface area contributed by atoms with Gasteiger partial charge in [-0.15, -0.1) is 11.8 Å². The fourth-order valence-electron chi connectivity index (χ4n) is 3.00. The van der Waals surface area contributed by atoms with Crippen molar-refractivity contribution in [1.82, 2.24) is 0 Å². The Bertz CT molecular complexity index is 901. The molecule has 5 nitrogen and oxygen atoms in total. The fourth-order valence-corrected chi connectivity index (χ4v) is 4.17. The Morgan fingerprint density at radius 3 is 2.82 bits per heavy atom. The first-order valence-electron chi connectivity index (χ1n) is 9.16. The standard InChI is InChI=1S/C21H23ClN2O3S/c1-4-14-10-16(22)20-17(11-14)23-19(12-27-20)28-13-15-8-6-7-9-18(15)24(5-2)21(25)26-3/h6-11H,4-5,12-13H2,1-3H3. The highest BCUT2D eigenvalue weighted by molar-refractivity contribution is 8.13. The number of halogens is 1. The number of hydrogen-bond donors (Lipinski definition) is 0. The van der Waals surface area contributed by atoms with E-state index in [1.807, 2.05) is 43.3 Å². The van der Waals surface area contributed by atoms with Gasteiger partial charge in [0.05, 0.1) is 17.8 Å². The van der Waals surface area contributed by atoms with E-state index in [9.17, 15) is 4.79 Å². The molecule has 1 aliphatic rings. The molecule has 28 heavy (non-hydrogen) atoms. The average molecular weight is 419 g/mol. The third-order valence-corrected chi connectivity index (χ3v) is 5.74. The highest BCUT2D eigenvalue weighted by atomic mass is 35.5. The summed E-state index contributed by atoms with van der Waals surface area (Å²) in [5.74, 6) is 1.31. The summed E-state index contributed by atoms with van der Waals surface area (Å²) >= 11 is 7.91. The number of nitrogens with zero attached hydrogens (tertiary/aromatic N) is 2. The zero-order chi connectivity index (χ0) is 20.1. The maximum absolute atomic E-state index is 12.1. The Morgan fingerprint density at radius 2 is 2.11 bits per heavy atom. The normalized spacial score (nSPS) is 12.6. The number of aryl methyl sites for hydroxylation is 1. The van der Waals surface area contributed by atoms with Gasteiger partial charge >= 0.3 is 6.09 Å². The lowest BCUT2D eigenvalue weighted by atomic mass is 10.1. The molecule has 0 fully saturated rings. The maximum Gasteiger partial charge on any atom is 0.413 e. The predicted molar refractivity (Wildman–Crippen MR) is 117 cm³/mol. The van der Waals surface area contributed by atoms with Crippen molar-refractivity contribution in [2.24, 2.45) is 4.99 Å². The Labute approximate surface area is 174 Å². The summed E-state index contributed by atoms with van der Waals surface area (Å²) < 4.78 is 10.7. The van der Waals surface area contributed by atoms with Gasteiger partial charge in [-0.05, 0) is 42.7 Å². The number of benzene rings is 2. The summed E-state index contributed by atoms with van der Waals surface area (Å²) in [7, 11) is 1.39. The number of anilines is 1. The molecule has 0 N–H and O–H groups in total. The fraction of sp³-hybridized carbons (Fsp3) is 0.333. The predicted octanol–water partition coefficient (Wildman–Crippen LogP) is 5.85. The van der Waals surface area contributed by atoms with Gasteiger partial charge in [-0.2, -0.15) is 0 Å². The molecule has 148 valence electrons. The Morgan fingerprint density at radius 1 is 1.32 bits per heavy atom. The van der Waals surface area contributed by atoms with Crippen LogP contribution >= 0.6 is 23.4 Å². The first-order chi connectivity index (χ1) is 13.6. The molecule has 0 aromatic heterocycles. The molecule has 2 aromatic carbocycles. The summed E-state index contributed by atoms with van der Waals surface area (Å²) in [6.07, 6.45) is 0.521. The van der Waals surface area contributed by atoms with Crippen molar-refractivity contribution in [3.63, 3.8) is 0 Å². The number of carbonyl (C=O) groups excluding carboxylic acids is 1. The SMILES string of the molecule is CCc1cc(Cl)c2c(c1)N=C(SCc1ccccc1N(CC)C(=O)OC)CO2. The highest BCUT2D eigenvalue weighted by Gasteiger charge is 2.20. The topological polar surface area (TPSA) is 51.1 Å². The van der Waals surface area contributed by atoms with Gasteiger partial charge < -0.3 is 9.47 Å². The summed E-state index contributed by atoms with van der Waals surface area (Å²) in [5, 5.41) is 1.48. The molecular weight excluding hydrogens is 396 g/mol. The second-order valence-corrected chi connectivity index (χ2v) is 7.66. The molecule has 7 heteroatoms. The zero-order valence-electron chi connectivity index (χ0n) is 16.2. The van der Waals surface area contributed by atoms with Crippen molar-refractivity contribution in [2.45, 2.75) is 26.0 Å². The molecule has 0 unspecified atom stereocenters. The lowest BCUT2D eigenvalue weighted by molar-refractivity contribution is 0.179. The number of para-hydroxylation sites is 1. The van der Waals surface area contributed by atoms with Crippen LogP contribution in [0.15, 0.2) is 41.4 Å². The van der Waals surface area contributed by atoms with Crippen LogP contribution in [0.2, 0.25) is 5.02 Å². The van der Waals surface area contributed by atoms with E-state index in [-0.39, 0.29) is 6.09 Å². The third-order valence-electron chi connectivity index (χ3n) is 4.47. The van der Waals surface area contributed by atoms with E-state index >= 15 is 0 Å². The van der Waals surface area contributed by atoms with Crippen LogP contribution in [0.3, 0.4) is 0 Å². The minimum absolute atomic E-state index is 0.367. The summed E-state index contributed by atoms with van der Waals surface area (Å²) in [4.78, 5) is 18.4. The smallest absolute Gasteiger partial charge is 0.413 e. The molecule has 0 atom stereocenters. The van der Waals surface area contributed by atoms with Crippen molar-refractivity contribution < 1.29 is 14.3 Å². The van der Waals surface area contributed by atoms with Crippen LogP contribution in [0.25, 0.3) is 0 Å². The van der Waals surface area contributed by atoms with Crippen LogP contribution in [0.5, 0.6) is 5.75 Å². The monoisotopic (exact) mass is 418 g/mol. The lowest BCUT2D eigenvalue weighted by Gasteiger charge is -2.23. The Balaban J connectivity index is 1.80. The minimum atomic E-state index is -0.367. The molecule has 0 spiro atoms. The van der Waals surface area contributed by atoms with E-state index in [0.29, 0.717) is 29.7 Å². The van der Waals surface area contributed by atoms with Crippen LogP contribution < -0.4 is 9.64 Å². The minimum Gasteiger partial charge on any atom is -0.483 e. The summed E-state index contributed by atoms with van der Waals surface area (Å²) in [5.41, 5.74) is 3.78. The molecule has 0 saturated heterocycles. The van der Waals surface area contributed by atoms with Crippen LogP contribution in [-0.2, 0) is 16.9 Å². The average Bonchev–Trinajstić information content (AvgIpc) is 2.73. The van der Waals surface area contributed by atoms with Crippen molar-refractivity contribution in [3.8, 4) is 5.75 Å². The number of ether oxygens (including phenoxy) is 2. The molecule has 1 aliphatic heterocycles. The van der Waals surface area contributed by atoms with E-state index in [4.69, 9.17) is 26.1 Å². The third kappa shape index (κ3) is 4.45. The number of aliphatic imine (C=N–C) groups is 1. The van der Waals surface area contributed by atoms with Crippen molar-refractivity contribution in [3.05, 3.63) is 52.5 Å². The van der Waals surface area contributed by atoms with Crippen molar-refractivity contribution >= 4 is 45.9 Å².